The van der Waals surface area contributed by atoms with Gasteiger partial charge in [0.05, 0.1) is 6.04 Å². The zero-order valence-corrected chi connectivity index (χ0v) is 23.3. The predicted molar refractivity (Wildman–Crippen MR) is 143 cm³/mol. The van der Waals surface area contributed by atoms with Crippen molar-refractivity contribution < 1.29 is 14.3 Å². The first-order valence-electron chi connectivity index (χ1n) is 12.3. The number of halogens is 1. The second kappa shape index (κ2) is 11.7. The standard InChI is InChI=1S/C27H38ClN3O3S/c1-18(2)9-12-30(26(33)29-27(4,5)6)16-25(32)31-13-10-24-21(11-14-35-24)23(31)17-34-20-7-8-22(28)19(3)15-20/h7-8,11,14-15,18,23H,9-10,12-13,16-17H2,1-6H3,(H,29,33)/t23-/m0/s1. The molecule has 1 atom stereocenters. The van der Waals surface area contributed by atoms with Crippen LogP contribution in [0.3, 0.4) is 0 Å². The Kier molecular flexibility index (Phi) is 9.11. The highest BCUT2D eigenvalue weighted by molar-refractivity contribution is 7.10. The summed E-state index contributed by atoms with van der Waals surface area (Å²) in [7, 11) is 0. The molecular formula is C27H38ClN3O3S. The number of fused-ring (bicyclic) bond motifs is 1. The lowest BCUT2D eigenvalue weighted by atomic mass is 10.0. The Labute approximate surface area is 218 Å². The SMILES string of the molecule is Cc1cc(OC[C@H]2c3ccsc3CCN2C(=O)CN(CCC(C)C)C(=O)NC(C)(C)C)ccc1Cl. The number of nitrogens with one attached hydrogen (secondary N) is 1. The first-order chi connectivity index (χ1) is 16.4. The number of urea groups is 1. The van der Waals surface area contributed by atoms with Crippen molar-refractivity contribution in [3.05, 3.63) is 50.7 Å². The van der Waals surface area contributed by atoms with Crippen molar-refractivity contribution in [3.8, 4) is 5.75 Å². The van der Waals surface area contributed by atoms with E-state index in [1.807, 2.05) is 50.8 Å². The van der Waals surface area contributed by atoms with Crippen molar-refractivity contribution in [3.63, 3.8) is 0 Å². The van der Waals surface area contributed by atoms with Crippen molar-refractivity contribution in [2.24, 2.45) is 5.92 Å². The van der Waals surface area contributed by atoms with E-state index in [0.29, 0.717) is 30.6 Å². The highest BCUT2D eigenvalue weighted by Gasteiger charge is 2.34. The summed E-state index contributed by atoms with van der Waals surface area (Å²) in [4.78, 5) is 31.4. The normalized spacial score (nSPS) is 15.7. The van der Waals surface area contributed by atoms with Crippen LogP contribution in [0.5, 0.6) is 5.75 Å². The second-order valence-corrected chi connectivity index (χ2v) is 12.1. The van der Waals surface area contributed by atoms with Gasteiger partial charge in [0.25, 0.3) is 0 Å². The van der Waals surface area contributed by atoms with Crippen LogP contribution in [0.1, 0.15) is 63.1 Å². The van der Waals surface area contributed by atoms with E-state index in [9.17, 15) is 9.59 Å². The van der Waals surface area contributed by atoms with E-state index in [2.05, 4.69) is 30.6 Å². The molecule has 8 heteroatoms. The van der Waals surface area contributed by atoms with Gasteiger partial charge in [-0.25, -0.2) is 4.79 Å². The number of rotatable bonds is 8. The number of thiophene rings is 1. The maximum atomic E-state index is 13.6. The van der Waals surface area contributed by atoms with Gasteiger partial charge in [0, 0.05) is 28.5 Å². The number of nitrogens with zero attached hydrogens (tertiary/aromatic N) is 2. The van der Waals surface area contributed by atoms with Gasteiger partial charge < -0.3 is 19.9 Å². The fourth-order valence-electron chi connectivity index (χ4n) is 4.08. The van der Waals surface area contributed by atoms with Gasteiger partial charge in [-0.15, -0.1) is 11.3 Å². The molecule has 0 saturated heterocycles. The molecule has 3 amide bonds. The van der Waals surface area contributed by atoms with E-state index in [1.165, 1.54) is 4.88 Å². The van der Waals surface area contributed by atoms with Crippen LogP contribution in [0.4, 0.5) is 4.79 Å². The van der Waals surface area contributed by atoms with Crippen LogP contribution in [0, 0.1) is 12.8 Å². The number of hydrogen-bond acceptors (Lipinski definition) is 4. The molecule has 0 spiro atoms. The van der Waals surface area contributed by atoms with E-state index in [-0.39, 0.29) is 30.1 Å². The van der Waals surface area contributed by atoms with E-state index >= 15 is 0 Å². The molecule has 0 unspecified atom stereocenters. The Bertz CT molecular complexity index is 1030. The lowest BCUT2D eigenvalue weighted by molar-refractivity contribution is -0.135. The van der Waals surface area contributed by atoms with Crippen LogP contribution in [-0.2, 0) is 11.2 Å². The van der Waals surface area contributed by atoms with Crippen LogP contribution < -0.4 is 10.1 Å². The number of ether oxygens (including phenoxy) is 1. The van der Waals surface area contributed by atoms with Gasteiger partial charge in [-0.1, -0.05) is 25.4 Å². The van der Waals surface area contributed by atoms with E-state index in [4.69, 9.17) is 16.3 Å². The number of benzene rings is 1. The Morgan fingerprint density at radius 1 is 1.29 bits per heavy atom. The van der Waals surface area contributed by atoms with Gasteiger partial charge in [-0.2, -0.15) is 0 Å². The fraction of sp³-hybridized carbons (Fsp3) is 0.556. The molecule has 6 nitrogen and oxygen atoms in total. The quantitative estimate of drug-likeness (QED) is 0.460. The summed E-state index contributed by atoms with van der Waals surface area (Å²) in [5.74, 6) is 1.10. The Hall–Kier alpha value is -2.25. The minimum Gasteiger partial charge on any atom is -0.491 e. The molecule has 3 rings (SSSR count). The Morgan fingerprint density at radius 3 is 2.69 bits per heavy atom. The van der Waals surface area contributed by atoms with Gasteiger partial charge in [0.2, 0.25) is 5.91 Å². The molecule has 0 saturated carbocycles. The third-order valence-electron chi connectivity index (χ3n) is 6.02. The number of carbonyl (C=O) groups excluding carboxylic acids is 2. The molecule has 1 aliphatic heterocycles. The Morgan fingerprint density at radius 2 is 2.03 bits per heavy atom. The first-order valence-corrected chi connectivity index (χ1v) is 13.5. The average molecular weight is 520 g/mol. The largest absolute Gasteiger partial charge is 0.491 e. The molecule has 0 aliphatic carbocycles. The first kappa shape index (κ1) is 27.3. The zero-order chi connectivity index (χ0) is 25.8. The molecule has 0 bridgehead atoms. The lowest BCUT2D eigenvalue weighted by Gasteiger charge is -2.37. The van der Waals surface area contributed by atoms with Gasteiger partial charge in [-0.05, 0) is 87.2 Å². The van der Waals surface area contributed by atoms with Crippen molar-refractivity contribution in [1.82, 2.24) is 15.1 Å². The minimum absolute atomic E-state index is 0.0463. The highest BCUT2D eigenvalue weighted by Crippen LogP contribution is 2.34. The smallest absolute Gasteiger partial charge is 0.318 e. The molecule has 1 aromatic carbocycles. The van der Waals surface area contributed by atoms with Crippen LogP contribution >= 0.6 is 22.9 Å². The summed E-state index contributed by atoms with van der Waals surface area (Å²) < 4.78 is 6.14. The number of amides is 3. The minimum atomic E-state index is -0.375. The maximum Gasteiger partial charge on any atom is 0.318 e. The summed E-state index contributed by atoms with van der Waals surface area (Å²) in [6.45, 7) is 13.6. The maximum absolute atomic E-state index is 13.6. The average Bonchev–Trinajstić information content (AvgIpc) is 3.24. The molecular weight excluding hydrogens is 482 g/mol. The van der Waals surface area contributed by atoms with Gasteiger partial charge in [-0.3, -0.25) is 4.79 Å². The van der Waals surface area contributed by atoms with Crippen molar-refractivity contribution in [1.29, 1.82) is 0 Å². The summed E-state index contributed by atoms with van der Waals surface area (Å²) in [6, 6.07) is 7.27. The summed E-state index contributed by atoms with van der Waals surface area (Å²) in [6.07, 6.45) is 1.65. The molecule has 2 aromatic rings. The third kappa shape index (κ3) is 7.61. The number of aryl methyl sites for hydroxylation is 1. The third-order valence-corrected chi connectivity index (χ3v) is 7.44. The summed E-state index contributed by atoms with van der Waals surface area (Å²) in [5.41, 5.74) is 1.70. The van der Waals surface area contributed by atoms with Crippen LogP contribution in [0.2, 0.25) is 5.02 Å². The number of carbonyl (C=O) groups is 2. The molecule has 192 valence electrons. The van der Waals surface area contributed by atoms with Gasteiger partial charge in [0.1, 0.15) is 18.9 Å². The van der Waals surface area contributed by atoms with Gasteiger partial charge >= 0.3 is 6.03 Å². The van der Waals surface area contributed by atoms with Crippen LogP contribution in [-0.4, -0.2) is 53.5 Å². The Balaban J connectivity index is 1.77. The summed E-state index contributed by atoms with van der Waals surface area (Å²) in [5, 5.41) is 5.78. The lowest BCUT2D eigenvalue weighted by Crippen LogP contribution is -2.53. The zero-order valence-electron chi connectivity index (χ0n) is 21.7. The topological polar surface area (TPSA) is 61.9 Å². The number of hydrogen-bond donors (Lipinski definition) is 1. The molecule has 1 aliphatic rings. The summed E-state index contributed by atoms with van der Waals surface area (Å²) >= 11 is 7.88. The highest BCUT2D eigenvalue weighted by atomic mass is 35.5. The van der Waals surface area contributed by atoms with Crippen molar-refractivity contribution in [2.75, 3.05) is 26.2 Å². The molecule has 1 N–H and O–H groups in total. The van der Waals surface area contributed by atoms with E-state index < -0.39 is 0 Å². The monoisotopic (exact) mass is 519 g/mol. The van der Waals surface area contributed by atoms with E-state index in [0.717, 1.165) is 29.7 Å². The fourth-order valence-corrected chi connectivity index (χ4v) is 5.12. The van der Waals surface area contributed by atoms with Gasteiger partial charge in [0.15, 0.2) is 0 Å². The molecule has 0 radical (unpaired) electrons. The van der Waals surface area contributed by atoms with Crippen LogP contribution in [0.25, 0.3) is 0 Å². The second-order valence-electron chi connectivity index (χ2n) is 10.7. The molecule has 0 fully saturated rings. The van der Waals surface area contributed by atoms with Crippen LogP contribution in [0.15, 0.2) is 29.6 Å². The molecule has 35 heavy (non-hydrogen) atoms. The van der Waals surface area contributed by atoms with Crippen molar-refractivity contribution in [2.45, 2.75) is 66.0 Å². The van der Waals surface area contributed by atoms with E-state index in [1.54, 1.807) is 16.2 Å². The predicted octanol–water partition coefficient (Wildman–Crippen LogP) is 6.07. The van der Waals surface area contributed by atoms with Crippen molar-refractivity contribution >= 4 is 34.9 Å². The molecule has 1 aromatic heterocycles. The molecule has 2 heterocycles.